The summed E-state index contributed by atoms with van der Waals surface area (Å²) in [7, 11) is 0. The van der Waals surface area contributed by atoms with Gasteiger partial charge < -0.3 is 9.84 Å². The van der Waals surface area contributed by atoms with E-state index in [4.69, 9.17) is 4.74 Å². The predicted molar refractivity (Wildman–Crippen MR) is 93.8 cm³/mol. The van der Waals surface area contributed by atoms with Crippen molar-refractivity contribution in [3.8, 4) is 0 Å². The van der Waals surface area contributed by atoms with Crippen molar-refractivity contribution in [1.82, 2.24) is 0 Å². The Balaban J connectivity index is 1.66. The largest absolute Gasteiger partial charge is 0.481 e. The molecule has 7 atom stereocenters. The van der Waals surface area contributed by atoms with Crippen LogP contribution in [0.3, 0.4) is 0 Å². The molecule has 4 saturated carbocycles. The highest BCUT2D eigenvalue weighted by Gasteiger charge is 2.63. The number of ether oxygens (including phenoxy) is 1. The van der Waals surface area contributed by atoms with E-state index >= 15 is 0 Å². The van der Waals surface area contributed by atoms with Crippen LogP contribution in [0.4, 0.5) is 0 Å². The van der Waals surface area contributed by atoms with Crippen LogP contribution >= 0.6 is 0 Å². The fourth-order valence-electron chi connectivity index (χ4n) is 7.27. The van der Waals surface area contributed by atoms with E-state index in [0.717, 1.165) is 25.7 Å². The summed E-state index contributed by atoms with van der Waals surface area (Å²) in [4.78, 5) is 23.8. The second-order valence-corrected chi connectivity index (χ2v) is 9.35. The molecule has 4 nitrogen and oxygen atoms in total. The Bertz CT molecular complexity index is 625. The number of rotatable bonds is 2. The predicted octanol–water partition coefficient (Wildman–Crippen LogP) is 4.19. The molecular weight excluding hydrogens is 316 g/mol. The van der Waals surface area contributed by atoms with Gasteiger partial charge in [-0.1, -0.05) is 12.2 Å². The van der Waals surface area contributed by atoms with Crippen molar-refractivity contribution >= 4 is 11.9 Å². The maximum atomic E-state index is 12.3. The molecule has 2 bridgehead atoms. The first kappa shape index (κ1) is 17.1. The van der Waals surface area contributed by atoms with Crippen LogP contribution in [-0.4, -0.2) is 23.1 Å². The Labute approximate surface area is 150 Å². The molecule has 1 spiro atoms. The zero-order valence-electron chi connectivity index (χ0n) is 15.4. The average molecular weight is 346 g/mol. The number of hydrogen-bond donors (Lipinski definition) is 1. The van der Waals surface area contributed by atoms with Crippen LogP contribution in [0, 0.1) is 34.5 Å². The molecule has 138 valence electrons. The zero-order valence-corrected chi connectivity index (χ0v) is 15.4. The Hall–Kier alpha value is -1.32. The van der Waals surface area contributed by atoms with Crippen molar-refractivity contribution in [3.05, 3.63) is 12.2 Å². The number of esters is 1. The second kappa shape index (κ2) is 5.59. The molecule has 0 aliphatic heterocycles. The van der Waals surface area contributed by atoms with Crippen LogP contribution in [0.25, 0.3) is 0 Å². The van der Waals surface area contributed by atoms with E-state index in [1.807, 2.05) is 6.92 Å². The van der Waals surface area contributed by atoms with Gasteiger partial charge in [0.05, 0.1) is 0 Å². The molecule has 0 aromatic rings. The minimum Gasteiger partial charge on any atom is -0.481 e. The molecule has 0 unspecified atom stereocenters. The Morgan fingerprint density at radius 2 is 1.92 bits per heavy atom. The van der Waals surface area contributed by atoms with Crippen LogP contribution in [0.5, 0.6) is 0 Å². The fraction of sp³-hybridized carbons (Fsp3) is 0.810. The van der Waals surface area contributed by atoms with Crippen molar-refractivity contribution in [1.29, 1.82) is 0 Å². The third-order valence-corrected chi connectivity index (χ3v) is 8.38. The van der Waals surface area contributed by atoms with Gasteiger partial charge in [0, 0.05) is 6.92 Å². The number of allylic oxidation sites excluding steroid dienone is 1. The maximum Gasteiger partial charge on any atom is 0.313 e. The molecule has 0 aromatic heterocycles. The molecule has 0 radical (unpaired) electrons. The van der Waals surface area contributed by atoms with Gasteiger partial charge in [-0.3, -0.25) is 9.59 Å². The van der Waals surface area contributed by atoms with Crippen LogP contribution < -0.4 is 0 Å². The van der Waals surface area contributed by atoms with Gasteiger partial charge >= 0.3 is 11.9 Å². The minimum atomic E-state index is -0.956. The summed E-state index contributed by atoms with van der Waals surface area (Å²) in [6, 6.07) is 0. The lowest BCUT2D eigenvalue weighted by molar-refractivity contribution is -0.193. The third-order valence-electron chi connectivity index (χ3n) is 8.38. The van der Waals surface area contributed by atoms with Crippen molar-refractivity contribution < 1.29 is 19.4 Å². The molecule has 4 aliphatic carbocycles. The van der Waals surface area contributed by atoms with Crippen LogP contribution in [0.1, 0.15) is 65.2 Å². The average Bonchev–Trinajstić information content (AvgIpc) is 2.78. The van der Waals surface area contributed by atoms with Gasteiger partial charge in [0.25, 0.3) is 0 Å². The smallest absolute Gasteiger partial charge is 0.313 e. The number of carbonyl (C=O) groups excluding carboxylic acids is 1. The molecule has 0 saturated heterocycles. The molecule has 25 heavy (non-hydrogen) atoms. The quantitative estimate of drug-likeness (QED) is 0.601. The monoisotopic (exact) mass is 346 g/mol. The number of carbonyl (C=O) groups is 2. The van der Waals surface area contributed by atoms with Crippen LogP contribution in [0.15, 0.2) is 12.2 Å². The number of carboxylic acid groups (broad SMARTS) is 1. The fourth-order valence-corrected chi connectivity index (χ4v) is 7.27. The summed E-state index contributed by atoms with van der Waals surface area (Å²) in [5.74, 6) is 0.733. The van der Waals surface area contributed by atoms with E-state index in [0.29, 0.717) is 29.6 Å². The van der Waals surface area contributed by atoms with Crippen LogP contribution in [-0.2, 0) is 14.3 Å². The Morgan fingerprint density at radius 3 is 2.60 bits per heavy atom. The van der Waals surface area contributed by atoms with Crippen molar-refractivity contribution in [2.75, 3.05) is 0 Å². The van der Waals surface area contributed by atoms with Gasteiger partial charge in [0.1, 0.15) is 11.5 Å². The zero-order chi connectivity index (χ0) is 18.0. The van der Waals surface area contributed by atoms with Gasteiger partial charge in [-0.05, 0) is 87.4 Å². The normalized spacial score (nSPS) is 48.4. The second-order valence-electron chi connectivity index (χ2n) is 9.35. The van der Waals surface area contributed by atoms with Gasteiger partial charge in [-0.15, -0.1) is 0 Å². The first-order chi connectivity index (χ1) is 11.8. The topological polar surface area (TPSA) is 63.6 Å². The van der Waals surface area contributed by atoms with Crippen LogP contribution in [0.2, 0.25) is 0 Å². The van der Waals surface area contributed by atoms with Crippen molar-refractivity contribution in [3.63, 3.8) is 0 Å². The van der Waals surface area contributed by atoms with E-state index in [9.17, 15) is 14.7 Å². The molecule has 4 heteroatoms. The molecule has 0 aromatic carbocycles. The number of fused-ring (bicyclic) bond motifs is 3. The first-order valence-electron chi connectivity index (χ1n) is 9.86. The van der Waals surface area contributed by atoms with Crippen molar-refractivity contribution in [2.24, 2.45) is 34.5 Å². The van der Waals surface area contributed by atoms with Gasteiger partial charge in [0.2, 0.25) is 0 Å². The summed E-state index contributed by atoms with van der Waals surface area (Å²) in [5.41, 5.74) is 0.868. The summed E-state index contributed by atoms with van der Waals surface area (Å²) >= 11 is 0. The third kappa shape index (κ3) is 2.32. The number of carboxylic acids is 1. The molecule has 4 fully saturated rings. The van der Waals surface area contributed by atoms with E-state index in [-0.39, 0.29) is 11.9 Å². The molecule has 0 heterocycles. The van der Waals surface area contributed by atoms with E-state index in [1.54, 1.807) is 0 Å². The van der Waals surface area contributed by atoms with Gasteiger partial charge in [-0.25, -0.2) is 0 Å². The molecule has 0 amide bonds. The molecule has 4 rings (SSSR count). The summed E-state index contributed by atoms with van der Waals surface area (Å²) in [6.07, 6.45) is 8.12. The van der Waals surface area contributed by atoms with E-state index < -0.39 is 17.5 Å². The highest BCUT2D eigenvalue weighted by Crippen LogP contribution is 2.68. The number of aliphatic carboxylic acids is 1. The number of hydrogen-bond acceptors (Lipinski definition) is 3. The van der Waals surface area contributed by atoms with Crippen molar-refractivity contribution in [2.45, 2.75) is 71.3 Å². The molecular formula is C21H30O4. The minimum absolute atomic E-state index is 0.115. The lowest BCUT2D eigenvalue weighted by Crippen LogP contribution is -2.58. The lowest BCUT2D eigenvalue weighted by atomic mass is 9.46. The maximum absolute atomic E-state index is 12.3. The highest BCUT2D eigenvalue weighted by atomic mass is 16.5. The highest BCUT2D eigenvalue weighted by molar-refractivity contribution is 5.77. The van der Waals surface area contributed by atoms with E-state index in [2.05, 4.69) is 6.58 Å². The standard InChI is InChI=1S/C21H30O4/c1-12-10-21-9-8-16-15(17(21)6-4-14(12)11-21)5-7-18(25-13(2)22)20(16,3)19(23)24/h14-18H,1,4-11H2,2-3H3,(H,23,24)/t14-,15-,16+,17+,18-,20+,21-/m1/s1. The Morgan fingerprint density at radius 1 is 1.16 bits per heavy atom. The summed E-state index contributed by atoms with van der Waals surface area (Å²) in [5, 5.41) is 10.1. The first-order valence-corrected chi connectivity index (χ1v) is 9.86. The molecule has 1 N–H and O–H groups in total. The van der Waals surface area contributed by atoms with E-state index in [1.165, 1.54) is 31.8 Å². The lowest BCUT2D eigenvalue weighted by Gasteiger charge is -2.58. The Kier molecular flexibility index (Phi) is 3.82. The SMILES string of the molecule is C=C1C[C@@]23CC[C@H]4[C@@H](CC[C@@H](OC(C)=O)[C@@]4(C)C(=O)O)[C@@H]2CC[C@@H]1C3. The summed E-state index contributed by atoms with van der Waals surface area (Å²) < 4.78 is 5.50. The van der Waals surface area contributed by atoms with Gasteiger partial charge in [-0.2, -0.15) is 0 Å². The summed E-state index contributed by atoms with van der Waals surface area (Å²) in [6.45, 7) is 7.55. The van der Waals surface area contributed by atoms with Gasteiger partial charge in [0.15, 0.2) is 0 Å². The molecule has 4 aliphatic rings.